The Morgan fingerprint density at radius 1 is 0.696 bits per heavy atom. The average molecular weight is 956 g/mol. The maximum absolute atomic E-state index is 14.0. The Labute approximate surface area is 406 Å². The Bertz CT molecular complexity index is 2700. The molecule has 1 N–H and O–H groups in total. The van der Waals surface area contributed by atoms with Crippen molar-refractivity contribution in [3.63, 3.8) is 0 Å². The van der Waals surface area contributed by atoms with Crippen LogP contribution in [0.1, 0.15) is 66.5 Å². The minimum atomic E-state index is -0.674. The third-order valence-electron chi connectivity index (χ3n) is 13.4. The third kappa shape index (κ3) is 9.97. The fraction of sp³-hybridized carbons (Fsp3) is 0.404. The summed E-state index contributed by atoms with van der Waals surface area (Å²) in [5.41, 5.74) is 9.11. The Balaban J connectivity index is 0.691. The van der Waals surface area contributed by atoms with Gasteiger partial charge in [-0.3, -0.25) is 28.9 Å². The van der Waals surface area contributed by atoms with Gasteiger partial charge in [-0.25, -0.2) is 4.68 Å². The minimum absolute atomic E-state index is 0.0216. The standard InChI is InChI=1S/C52H57N7O9S/c1-52-40-15-7-3-10-35(40)32-43(38-13-5-8-16-41(38)52)59(52)47(62)20-24-65-26-28-67-30-31-68-29-27-66-25-23-58-50-39-14-6-9-17-42(39)57(34-36-11-2-4-12-37(36)49(50)54-55-58)46(61)18-21-53-45(60)19-22-56-48(63)33-44(69)51(56)64/h2-17,43-44,69H,18-34H2,1H3,(H,53,60)/t43-,44?,52+/m1/s1. The van der Waals surface area contributed by atoms with E-state index in [0.717, 1.165) is 33.7 Å². The van der Waals surface area contributed by atoms with Crippen LogP contribution in [0.15, 0.2) is 97.1 Å². The molecule has 5 aromatic rings. The first-order valence-corrected chi connectivity index (χ1v) is 24.2. The number of thiol groups is 1. The predicted octanol–water partition coefficient (Wildman–Crippen LogP) is 5.27. The first-order chi connectivity index (χ1) is 33.6. The van der Waals surface area contributed by atoms with Gasteiger partial charge < -0.3 is 34.1 Å². The Kier molecular flexibility index (Phi) is 15.0. The summed E-state index contributed by atoms with van der Waals surface area (Å²) >= 11 is 4.13. The molecule has 1 aromatic heterocycles. The van der Waals surface area contributed by atoms with Crippen molar-refractivity contribution in [2.24, 2.45) is 0 Å². The largest absolute Gasteiger partial charge is 0.379 e. The SMILES string of the molecule is C[C@]12c3ccccc3C[C@H](c3ccccc31)N2C(=O)CCOCCOCCOCCOCCn1nnc2c1-c1ccccc1N(C(=O)CCNC(=O)CCN1C(=O)CC(S)C1=O)Cc1ccccc1-2. The third-order valence-corrected chi connectivity index (χ3v) is 13.8. The number of hydrogen-bond acceptors (Lipinski definition) is 12. The van der Waals surface area contributed by atoms with Crippen molar-refractivity contribution in [1.29, 1.82) is 0 Å². The molecule has 3 atom stereocenters. The molecule has 360 valence electrons. The van der Waals surface area contributed by atoms with Gasteiger partial charge in [-0.15, -0.1) is 5.10 Å². The number of amides is 5. The molecule has 1 unspecified atom stereocenters. The summed E-state index contributed by atoms with van der Waals surface area (Å²) in [4.78, 5) is 69.5. The maximum atomic E-state index is 14.0. The van der Waals surface area contributed by atoms with E-state index in [9.17, 15) is 24.0 Å². The summed E-state index contributed by atoms with van der Waals surface area (Å²) in [7, 11) is 0. The summed E-state index contributed by atoms with van der Waals surface area (Å²) in [6.45, 7) is 5.88. The molecule has 0 spiro atoms. The van der Waals surface area contributed by atoms with E-state index in [1.165, 1.54) is 22.3 Å². The Morgan fingerprint density at radius 3 is 2.07 bits per heavy atom. The summed E-state index contributed by atoms with van der Waals surface area (Å²) in [5.74, 6) is -1.20. The lowest BCUT2D eigenvalue weighted by atomic mass is 9.80. The van der Waals surface area contributed by atoms with Gasteiger partial charge in [0.25, 0.3) is 0 Å². The number of carbonyl (C=O) groups is 5. The Morgan fingerprint density at radius 2 is 1.33 bits per heavy atom. The van der Waals surface area contributed by atoms with Crippen LogP contribution in [0.4, 0.5) is 5.69 Å². The van der Waals surface area contributed by atoms with Crippen molar-refractivity contribution in [3.8, 4) is 22.5 Å². The van der Waals surface area contributed by atoms with Crippen molar-refractivity contribution >= 4 is 47.9 Å². The van der Waals surface area contributed by atoms with E-state index >= 15 is 0 Å². The molecule has 17 heteroatoms. The number of ether oxygens (including phenoxy) is 4. The summed E-state index contributed by atoms with van der Waals surface area (Å²) in [6.07, 6.45) is 1.10. The van der Waals surface area contributed by atoms with Gasteiger partial charge in [0.2, 0.25) is 29.5 Å². The minimum Gasteiger partial charge on any atom is -0.379 e. The molecular formula is C52H57N7O9S. The van der Waals surface area contributed by atoms with E-state index in [2.05, 4.69) is 88.6 Å². The molecule has 0 aliphatic carbocycles. The van der Waals surface area contributed by atoms with E-state index < -0.39 is 16.7 Å². The molecular weight excluding hydrogens is 899 g/mol. The maximum Gasteiger partial charge on any atom is 0.242 e. The van der Waals surface area contributed by atoms with E-state index in [1.807, 2.05) is 48.5 Å². The summed E-state index contributed by atoms with van der Waals surface area (Å²) in [6, 6.07) is 32.3. The van der Waals surface area contributed by atoms with Crippen LogP contribution in [-0.4, -0.2) is 126 Å². The van der Waals surface area contributed by atoms with Gasteiger partial charge in [0.1, 0.15) is 5.69 Å². The molecule has 9 rings (SSSR count). The number of nitrogens with zero attached hydrogens (tertiary/aromatic N) is 6. The normalized spacial score (nSPS) is 18.8. The molecule has 0 radical (unpaired) electrons. The van der Waals surface area contributed by atoms with Gasteiger partial charge in [-0.1, -0.05) is 96.2 Å². The number of benzene rings is 4. The monoisotopic (exact) mass is 955 g/mol. The van der Waals surface area contributed by atoms with Crippen LogP contribution in [0, 0.1) is 0 Å². The van der Waals surface area contributed by atoms with Crippen LogP contribution < -0.4 is 10.2 Å². The second-order valence-electron chi connectivity index (χ2n) is 17.6. The van der Waals surface area contributed by atoms with Crippen LogP contribution in [-0.2, 0) is 68.0 Å². The van der Waals surface area contributed by atoms with Crippen LogP contribution in [0.3, 0.4) is 0 Å². The van der Waals surface area contributed by atoms with Crippen molar-refractivity contribution < 1.29 is 42.9 Å². The quantitative estimate of drug-likeness (QED) is 0.0557. The van der Waals surface area contributed by atoms with Crippen LogP contribution in [0.2, 0.25) is 0 Å². The van der Waals surface area contributed by atoms with Crippen molar-refractivity contribution in [2.75, 3.05) is 70.8 Å². The smallest absolute Gasteiger partial charge is 0.242 e. The highest BCUT2D eigenvalue weighted by atomic mass is 32.1. The average Bonchev–Trinajstić information content (AvgIpc) is 3.94. The topological polar surface area (TPSA) is 175 Å². The molecule has 0 saturated carbocycles. The Hall–Kier alpha value is -6.24. The number of anilines is 1. The summed E-state index contributed by atoms with van der Waals surface area (Å²) < 4.78 is 25.0. The first-order valence-electron chi connectivity index (χ1n) is 23.7. The molecule has 4 aromatic carbocycles. The number of hydrogen-bond donors (Lipinski definition) is 2. The second kappa shape index (κ2) is 21.6. The number of aromatic nitrogens is 3. The van der Waals surface area contributed by atoms with Crippen molar-refractivity contribution in [2.45, 2.75) is 68.9 Å². The summed E-state index contributed by atoms with van der Waals surface area (Å²) in [5, 5.41) is 11.2. The lowest BCUT2D eigenvalue weighted by molar-refractivity contribution is -0.141. The van der Waals surface area contributed by atoms with Gasteiger partial charge >= 0.3 is 0 Å². The number of para-hydroxylation sites is 1. The van der Waals surface area contributed by atoms with Gasteiger partial charge in [-0.05, 0) is 47.2 Å². The zero-order valence-corrected chi connectivity index (χ0v) is 39.6. The van der Waals surface area contributed by atoms with Gasteiger partial charge in [-0.2, -0.15) is 12.6 Å². The molecule has 5 heterocycles. The van der Waals surface area contributed by atoms with E-state index in [1.54, 1.807) is 9.58 Å². The van der Waals surface area contributed by atoms with Gasteiger partial charge in [0.05, 0.1) is 101 Å². The van der Waals surface area contributed by atoms with Crippen molar-refractivity contribution in [3.05, 3.63) is 125 Å². The highest BCUT2D eigenvalue weighted by molar-refractivity contribution is 7.81. The van der Waals surface area contributed by atoms with Crippen molar-refractivity contribution in [1.82, 2.24) is 30.1 Å². The van der Waals surface area contributed by atoms with Crippen LogP contribution in [0.25, 0.3) is 22.5 Å². The fourth-order valence-electron chi connectivity index (χ4n) is 10.1. The highest BCUT2D eigenvalue weighted by Gasteiger charge is 2.53. The highest BCUT2D eigenvalue weighted by Crippen LogP contribution is 2.55. The molecule has 5 amide bonds. The predicted molar refractivity (Wildman–Crippen MR) is 259 cm³/mol. The van der Waals surface area contributed by atoms with E-state index in [0.29, 0.717) is 77.2 Å². The molecule has 1 saturated heterocycles. The van der Waals surface area contributed by atoms with Crippen LogP contribution in [0.5, 0.6) is 0 Å². The lowest BCUT2D eigenvalue weighted by Crippen LogP contribution is -2.49. The zero-order valence-electron chi connectivity index (χ0n) is 38.7. The second-order valence-corrected chi connectivity index (χ2v) is 18.2. The van der Waals surface area contributed by atoms with Gasteiger partial charge in [0.15, 0.2) is 0 Å². The zero-order chi connectivity index (χ0) is 47.9. The first kappa shape index (κ1) is 47.8. The number of imide groups is 1. The molecule has 2 bridgehead atoms. The number of likely N-dealkylation sites (tertiary alicyclic amines) is 1. The number of carbonyl (C=O) groups excluding carboxylic acids is 5. The molecule has 4 aliphatic heterocycles. The molecule has 4 aliphatic rings. The van der Waals surface area contributed by atoms with E-state index in [-0.39, 0.29) is 68.6 Å². The fourth-order valence-corrected chi connectivity index (χ4v) is 10.4. The molecule has 69 heavy (non-hydrogen) atoms. The van der Waals surface area contributed by atoms with Gasteiger partial charge in [0, 0.05) is 43.5 Å². The number of rotatable bonds is 21. The molecule has 1 fully saturated rings. The lowest BCUT2D eigenvalue weighted by Gasteiger charge is -2.44. The van der Waals surface area contributed by atoms with E-state index in [4.69, 9.17) is 18.9 Å². The number of nitrogens with one attached hydrogen (secondary N) is 1. The van der Waals surface area contributed by atoms with Crippen LogP contribution >= 0.6 is 12.6 Å². The number of fused-ring (bicyclic) bond motifs is 12. The molecule has 16 nitrogen and oxygen atoms in total.